The minimum atomic E-state index is 0.984. The molecule has 11 heavy (non-hydrogen) atoms. The first kappa shape index (κ1) is 7.93. The van der Waals surface area contributed by atoms with Crippen molar-refractivity contribution in [2.45, 2.75) is 25.0 Å². The van der Waals surface area contributed by atoms with Crippen LogP contribution in [0.5, 0.6) is 0 Å². The molecule has 0 aromatic heterocycles. The summed E-state index contributed by atoms with van der Waals surface area (Å²) in [6.45, 7) is 6.47. The molecule has 0 aromatic rings. The molecule has 2 aliphatic rings. The van der Waals surface area contributed by atoms with Gasteiger partial charge in [0.1, 0.15) is 0 Å². The Labute approximate surface area is 73.5 Å². The lowest BCUT2D eigenvalue weighted by Gasteiger charge is -2.29. The molecule has 0 N–H and O–H groups in total. The maximum absolute atomic E-state index is 2.64. The van der Waals surface area contributed by atoms with Gasteiger partial charge in [-0.15, -0.1) is 0 Å². The van der Waals surface area contributed by atoms with E-state index in [-0.39, 0.29) is 0 Å². The lowest BCUT2D eigenvalue weighted by molar-refractivity contribution is 0.197. The highest BCUT2D eigenvalue weighted by molar-refractivity contribution is 8.06. The Morgan fingerprint density at radius 1 is 1.36 bits per heavy atom. The van der Waals surface area contributed by atoms with Crippen molar-refractivity contribution in [1.82, 2.24) is 4.90 Å². The molecular formula is C9H17NS. The minimum absolute atomic E-state index is 0.984. The first-order chi connectivity index (χ1) is 5.34. The van der Waals surface area contributed by atoms with Crippen molar-refractivity contribution in [3.05, 3.63) is 0 Å². The lowest BCUT2D eigenvalue weighted by atomic mass is 9.99. The van der Waals surface area contributed by atoms with Crippen molar-refractivity contribution >= 4 is 11.8 Å². The zero-order chi connectivity index (χ0) is 7.68. The molecule has 2 heterocycles. The molecule has 2 rings (SSSR count). The summed E-state index contributed by atoms with van der Waals surface area (Å²) >= 11 is 2.12. The number of piperidine rings is 1. The standard InChI is InChI=1S/C9H17NS/c1-8-2-4-10(5-3-8)6-9-7-11-9/h8-9H,2-7H2,1H3. The van der Waals surface area contributed by atoms with Crippen LogP contribution in [0.1, 0.15) is 19.8 Å². The number of hydrogen-bond acceptors (Lipinski definition) is 2. The van der Waals surface area contributed by atoms with E-state index < -0.39 is 0 Å². The van der Waals surface area contributed by atoms with Gasteiger partial charge in [-0.1, -0.05) is 6.92 Å². The Morgan fingerprint density at radius 3 is 2.55 bits per heavy atom. The molecule has 2 aliphatic heterocycles. The Hall–Kier alpha value is 0.310. The summed E-state index contributed by atoms with van der Waals surface area (Å²) < 4.78 is 0. The Kier molecular flexibility index (Phi) is 2.42. The SMILES string of the molecule is CC1CCN(CC2CS2)CC1. The Bertz CT molecular complexity index is 126. The Morgan fingerprint density at radius 2 is 2.00 bits per heavy atom. The van der Waals surface area contributed by atoms with Gasteiger partial charge in [-0.2, -0.15) is 11.8 Å². The van der Waals surface area contributed by atoms with Gasteiger partial charge in [0, 0.05) is 17.5 Å². The van der Waals surface area contributed by atoms with Crippen molar-refractivity contribution in [3.63, 3.8) is 0 Å². The van der Waals surface area contributed by atoms with E-state index in [1.165, 1.54) is 38.2 Å². The number of hydrogen-bond donors (Lipinski definition) is 0. The zero-order valence-corrected chi connectivity index (χ0v) is 8.07. The number of likely N-dealkylation sites (tertiary alicyclic amines) is 1. The lowest BCUT2D eigenvalue weighted by Crippen LogP contribution is -2.35. The van der Waals surface area contributed by atoms with E-state index in [0.717, 1.165) is 11.2 Å². The first-order valence-electron chi connectivity index (χ1n) is 4.68. The smallest absolute Gasteiger partial charge is 0.0266 e. The van der Waals surface area contributed by atoms with E-state index in [4.69, 9.17) is 0 Å². The maximum atomic E-state index is 2.64. The number of nitrogens with zero attached hydrogens (tertiary/aromatic N) is 1. The van der Waals surface area contributed by atoms with Gasteiger partial charge in [0.25, 0.3) is 0 Å². The van der Waals surface area contributed by atoms with Crippen LogP contribution in [0.15, 0.2) is 0 Å². The third-order valence-corrected chi connectivity index (χ3v) is 3.69. The molecule has 0 aliphatic carbocycles. The van der Waals surface area contributed by atoms with Crippen LogP contribution in [-0.4, -0.2) is 35.5 Å². The van der Waals surface area contributed by atoms with Crippen LogP contribution < -0.4 is 0 Å². The molecule has 2 heteroatoms. The summed E-state index contributed by atoms with van der Waals surface area (Å²) in [4.78, 5) is 2.64. The molecule has 64 valence electrons. The topological polar surface area (TPSA) is 3.24 Å². The van der Waals surface area contributed by atoms with E-state index in [1.807, 2.05) is 0 Å². The largest absolute Gasteiger partial charge is 0.302 e. The zero-order valence-electron chi connectivity index (χ0n) is 7.25. The van der Waals surface area contributed by atoms with E-state index in [0.29, 0.717) is 0 Å². The van der Waals surface area contributed by atoms with Gasteiger partial charge in [-0.05, 0) is 31.8 Å². The maximum Gasteiger partial charge on any atom is 0.0266 e. The molecule has 2 saturated heterocycles. The monoisotopic (exact) mass is 171 g/mol. The van der Waals surface area contributed by atoms with Crippen LogP contribution in [0.4, 0.5) is 0 Å². The molecule has 2 fully saturated rings. The fraction of sp³-hybridized carbons (Fsp3) is 1.00. The van der Waals surface area contributed by atoms with Crippen LogP contribution in [0, 0.1) is 5.92 Å². The normalized spacial score (nSPS) is 34.1. The number of thioether (sulfide) groups is 1. The van der Waals surface area contributed by atoms with E-state index in [1.54, 1.807) is 0 Å². The van der Waals surface area contributed by atoms with Crippen molar-refractivity contribution in [3.8, 4) is 0 Å². The summed E-state index contributed by atoms with van der Waals surface area (Å²) in [6, 6.07) is 0. The molecule has 1 nitrogen and oxygen atoms in total. The van der Waals surface area contributed by atoms with Crippen molar-refractivity contribution in [2.75, 3.05) is 25.4 Å². The summed E-state index contributed by atoms with van der Waals surface area (Å²) in [5.41, 5.74) is 0. The molecule has 1 atom stereocenters. The second kappa shape index (κ2) is 3.36. The summed E-state index contributed by atoms with van der Waals surface area (Å²) in [5.74, 6) is 2.41. The molecule has 0 saturated carbocycles. The van der Waals surface area contributed by atoms with Crippen molar-refractivity contribution < 1.29 is 0 Å². The van der Waals surface area contributed by atoms with Gasteiger partial charge in [-0.25, -0.2) is 0 Å². The van der Waals surface area contributed by atoms with Gasteiger partial charge >= 0.3 is 0 Å². The minimum Gasteiger partial charge on any atom is -0.302 e. The molecule has 0 radical (unpaired) electrons. The van der Waals surface area contributed by atoms with Crippen LogP contribution in [0.2, 0.25) is 0 Å². The van der Waals surface area contributed by atoms with Crippen molar-refractivity contribution in [1.29, 1.82) is 0 Å². The third-order valence-electron chi connectivity index (χ3n) is 2.74. The van der Waals surface area contributed by atoms with Gasteiger partial charge < -0.3 is 4.90 Å². The highest BCUT2D eigenvalue weighted by Gasteiger charge is 2.26. The average molecular weight is 171 g/mol. The molecule has 0 bridgehead atoms. The molecule has 0 amide bonds. The van der Waals surface area contributed by atoms with Crippen LogP contribution >= 0.6 is 11.8 Å². The fourth-order valence-corrected chi connectivity index (χ4v) is 2.26. The number of rotatable bonds is 2. The highest BCUT2D eigenvalue weighted by Crippen LogP contribution is 2.31. The first-order valence-corrected chi connectivity index (χ1v) is 5.73. The van der Waals surface area contributed by atoms with Gasteiger partial charge in [0.15, 0.2) is 0 Å². The highest BCUT2D eigenvalue weighted by atomic mass is 32.2. The molecule has 0 spiro atoms. The second-order valence-electron chi connectivity index (χ2n) is 3.94. The van der Waals surface area contributed by atoms with E-state index >= 15 is 0 Å². The predicted molar refractivity (Wildman–Crippen MR) is 51.1 cm³/mol. The molecule has 0 aromatic carbocycles. The Balaban J connectivity index is 1.69. The quantitative estimate of drug-likeness (QED) is 0.583. The average Bonchev–Trinajstić information content (AvgIpc) is 2.78. The summed E-state index contributed by atoms with van der Waals surface area (Å²) in [7, 11) is 0. The predicted octanol–water partition coefficient (Wildman–Crippen LogP) is 1.83. The van der Waals surface area contributed by atoms with Gasteiger partial charge in [0.2, 0.25) is 0 Å². The van der Waals surface area contributed by atoms with E-state index in [2.05, 4.69) is 23.6 Å². The third kappa shape index (κ3) is 2.38. The van der Waals surface area contributed by atoms with Crippen LogP contribution in [-0.2, 0) is 0 Å². The molecule has 1 unspecified atom stereocenters. The second-order valence-corrected chi connectivity index (χ2v) is 5.27. The summed E-state index contributed by atoms with van der Waals surface area (Å²) in [5, 5.41) is 1.00. The summed E-state index contributed by atoms with van der Waals surface area (Å²) in [6.07, 6.45) is 2.86. The fourth-order valence-electron chi connectivity index (χ4n) is 1.71. The van der Waals surface area contributed by atoms with Gasteiger partial charge in [-0.3, -0.25) is 0 Å². The molecular weight excluding hydrogens is 154 g/mol. The van der Waals surface area contributed by atoms with Crippen LogP contribution in [0.3, 0.4) is 0 Å². The van der Waals surface area contributed by atoms with Crippen LogP contribution in [0.25, 0.3) is 0 Å². The van der Waals surface area contributed by atoms with Gasteiger partial charge in [0.05, 0.1) is 0 Å². The van der Waals surface area contributed by atoms with E-state index in [9.17, 15) is 0 Å². The van der Waals surface area contributed by atoms with Crippen molar-refractivity contribution in [2.24, 2.45) is 5.92 Å².